The number of rotatable bonds is 5. The van der Waals surface area contributed by atoms with Crippen LogP contribution >= 0.6 is 0 Å². The van der Waals surface area contributed by atoms with Crippen LogP contribution in [0.15, 0.2) is 18.5 Å². The van der Waals surface area contributed by atoms with Gasteiger partial charge in [-0.1, -0.05) is 4.68 Å². The number of carboxylic acids is 1. The van der Waals surface area contributed by atoms with E-state index in [1.54, 1.807) is 6.07 Å². The van der Waals surface area contributed by atoms with Crippen molar-refractivity contribution in [2.45, 2.75) is 19.5 Å². The lowest BCUT2D eigenvalue weighted by molar-refractivity contribution is -0.754. The van der Waals surface area contributed by atoms with Crippen molar-refractivity contribution in [1.82, 2.24) is 10.4 Å². The summed E-state index contributed by atoms with van der Waals surface area (Å²) in [7, 11) is 0. The monoisotopic (exact) mass is 238 g/mol. The van der Waals surface area contributed by atoms with Crippen molar-refractivity contribution in [2.75, 3.05) is 6.54 Å². The van der Waals surface area contributed by atoms with Crippen molar-refractivity contribution in [1.29, 1.82) is 0 Å². The van der Waals surface area contributed by atoms with Gasteiger partial charge in [-0.2, -0.15) is 0 Å². The molecule has 1 heterocycles. The molecule has 0 saturated carbocycles. The van der Waals surface area contributed by atoms with Gasteiger partial charge < -0.3 is 21.0 Å². The Kier molecular flexibility index (Phi) is 4.53. The van der Waals surface area contributed by atoms with Crippen molar-refractivity contribution in [3.63, 3.8) is 0 Å². The van der Waals surface area contributed by atoms with Crippen molar-refractivity contribution in [3.8, 4) is 0 Å². The van der Waals surface area contributed by atoms with Gasteiger partial charge in [-0.3, -0.25) is 4.79 Å². The Hall–Kier alpha value is -2.02. The first kappa shape index (κ1) is 13.0. The summed E-state index contributed by atoms with van der Waals surface area (Å²) >= 11 is 0. The van der Waals surface area contributed by atoms with Crippen LogP contribution in [0.5, 0.6) is 0 Å². The van der Waals surface area contributed by atoms with E-state index in [9.17, 15) is 14.7 Å². The average molecular weight is 238 g/mol. The molecule has 1 atom stereocenters. The summed E-state index contributed by atoms with van der Waals surface area (Å²) in [5.41, 5.74) is 5.70. The number of carboxylic acid groups (broad SMARTS) is 1. The molecule has 7 nitrogen and oxygen atoms in total. The fraction of sp³-hybridized carbons (Fsp3) is 0.400. The summed E-state index contributed by atoms with van der Waals surface area (Å²) in [4.78, 5) is 21.8. The van der Waals surface area contributed by atoms with Gasteiger partial charge in [-0.15, -0.1) is 0 Å². The zero-order valence-electron chi connectivity index (χ0n) is 9.42. The van der Waals surface area contributed by atoms with Gasteiger partial charge in [0, 0.05) is 12.6 Å². The largest absolute Gasteiger partial charge is 0.548 e. The Morgan fingerprint density at radius 3 is 2.82 bits per heavy atom. The first-order chi connectivity index (χ1) is 8.04. The lowest BCUT2D eigenvalue weighted by Gasteiger charge is -2.07. The number of hydrogen-bond donors (Lipinski definition) is 2. The number of carbonyl (C=O) groups is 2. The van der Waals surface area contributed by atoms with Gasteiger partial charge in [0.25, 0.3) is 5.91 Å². The predicted molar refractivity (Wildman–Crippen MR) is 55.4 cm³/mol. The molecule has 0 aliphatic rings. The maximum Gasteiger partial charge on any atom is 0.253 e. The van der Waals surface area contributed by atoms with E-state index in [0.717, 1.165) is 0 Å². The second-order valence-electron chi connectivity index (χ2n) is 3.42. The molecule has 0 aromatic carbocycles. The number of hydrogen-bond acceptors (Lipinski definition) is 5. The van der Waals surface area contributed by atoms with E-state index >= 15 is 0 Å². The third-order valence-corrected chi connectivity index (χ3v) is 2.06. The van der Waals surface area contributed by atoms with Crippen LogP contribution in [0.4, 0.5) is 0 Å². The highest BCUT2D eigenvalue weighted by atomic mass is 16.4. The molecular weight excluding hydrogens is 224 g/mol. The average Bonchev–Trinajstić information content (AvgIpc) is 2.30. The predicted octanol–water partition coefficient (Wildman–Crippen LogP) is -2.80. The minimum Gasteiger partial charge on any atom is -0.548 e. The normalized spacial score (nSPS) is 11.9. The first-order valence-electron chi connectivity index (χ1n) is 5.15. The van der Waals surface area contributed by atoms with E-state index in [-0.39, 0.29) is 12.5 Å². The molecule has 0 bridgehead atoms. The summed E-state index contributed by atoms with van der Waals surface area (Å²) in [6, 6.07) is 0.419. The highest BCUT2D eigenvalue weighted by Crippen LogP contribution is 1.92. The number of amides is 1. The van der Waals surface area contributed by atoms with E-state index in [2.05, 4.69) is 10.4 Å². The van der Waals surface area contributed by atoms with Gasteiger partial charge in [0.2, 0.25) is 0 Å². The third kappa shape index (κ3) is 3.80. The second kappa shape index (κ2) is 5.90. The Balaban J connectivity index is 2.68. The summed E-state index contributed by atoms with van der Waals surface area (Å²) in [6.45, 7) is 2.34. The molecule has 0 aliphatic heterocycles. The quantitative estimate of drug-likeness (QED) is 0.538. The highest BCUT2D eigenvalue weighted by molar-refractivity contribution is 5.93. The smallest absolute Gasteiger partial charge is 0.253 e. The molecular formula is C10H14N4O3. The van der Waals surface area contributed by atoms with Crippen LogP contribution in [0.2, 0.25) is 0 Å². The van der Waals surface area contributed by atoms with Crippen LogP contribution in [0.3, 0.4) is 0 Å². The minimum atomic E-state index is -1.34. The highest BCUT2D eigenvalue weighted by Gasteiger charge is 2.13. The van der Waals surface area contributed by atoms with Crippen LogP contribution in [-0.2, 0) is 11.3 Å². The van der Waals surface area contributed by atoms with Gasteiger partial charge >= 0.3 is 0 Å². The summed E-state index contributed by atoms with van der Waals surface area (Å²) in [5.74, 6) is -1.57. The molecule has 0 fully saturated rings. The molecule has 0 radical (unpaired) electrons. The zero-order chi connectivity index (χ0) is 12.8. The number of nitrogens with one attached hydrogen (secondary N) is 1. The lowest BCUT2D eigenvalue weighted by atomic mass is 10.3. The standard InChI is InChI=1S/C10H14N4O3/c1-2-12-9(15)7-3-4-14(13-5-7)6-8(11)10(16)17/h3-5,8H,2,6,11H2,1H3,(H-,12,15,16,17)/t8-/m0/s1. The molecule has 0 spiro atoms. The van der Waals surface area contributed by atoms with Crippen LogP contribution in [-0.4, -0.2) is 29.6 Å². The Morgan fingerprint density at radius 1 is 1.65 bits per heavy atom. The molecule has 92 valence electrons. The van der Waals surface area contributed by atoms with Gasteiger partial charge in [-0.25, -0.2) is 0 Å². The molecule has 1 rings (SSSR count). The van der Waals surface area contributed by atoms with E-state index in [1.807, 2.05) is 6.92 Å². The number of nitrogens with zero attached hydrogens (tertiary/aromatic N) is 2. The SMILES string of the molecule is CCNC(=O)c1cc[n+](C[C@H](N)C(=O)[O-])nc1. The summed E-state index contributed by atoms with van der Waals surface area (Å²) < 4.78 is 1.34. The van der Waals surface area contributed by atoms with Crippen molar-refractivity contribution in [2.24, 2.45) is 5.73 Å². The van der Waals surface area contributed by atoms with Crippen molar-refractivity contribution in [3.05, 3.63) is 24.0 Å². The van der Waals surface area contributed by atoms with Crippen LogP contribution in [0, 0.1) is 0 Å². The molecule has 7 heteroatoms. The number of nitrogens with two attached hydrogens (primary N) is 1. The Morgan fingerprint density at radius 2 is 2.35 bits per heavy atom. The van der Waals surface area contributed by atoms with Crippen LogP contribution in [0.25, 0.3) is 0 Å². The zero-order valence-corrected chi connectivity index (χ0v) is 9.42. The lowest BCUT2D eigenvalue weighted by Crippen LogP contribution is -2.53. The fourth-order valence-corrected chi connectivity index (χ4v) is 1.17. The summed E-state index contributed by atoms with van der Waals surface area (Å²) in [6.07, 6.45) is 2.85. The van der Waals surface area contributed by atoms with Gasteiger partial charge in [0.1, 0.15) is 12.2 Å². The minimum absolute atomic E-state index is 0.00197. The molecule has 1 aromatic rings. The van der Waals surface area contributed by atoms with Gasteiger partial charge in [0.05, 0.1) is 11.5 Å². The number of aliphatic carboxylic acids is 1. The number of carbonyl (C=O) groups excluding carboxylic acids is 2. The summed E-state index contributed by atoms with van der Waals surface area (Å²) in [5, 5.41) is 16.9. The Labute approximate surface area is 98.2 Å². The topological polar surface area (TPSA) is 112 Å². The molecule has 1 aromatic heterocycles. The molecule has 0 unspecified atom stereocenters. The first-order valence-corrected chi connectivity index (χ1v) is 5.15. The van der Waals surface area contributed by atoms with E-state index in [4.69, 9.17) is 5.73 Å². The van der Waals surface area contributed by atoms with Crippen LogP contribution < -0.4 is 20.8 Å². The number of aromatic nitrogens is 2. The molecule has 0 aliphatic carbocycles. The second-order valence-corrected chi connectivity index (χ2v) is 3.42. The van der Waals surface area contributed by atoms with Gasteiger partial charge in [0.15, 0.2) is 12.7 Å². The Bertz CT molecular complexity index is 405. The van der Waals surface area contributed by atoms with E-state index in [0.29, 0.717) is 12.1 Å². The third-order valence-electron chi connectivity index (χ3n) is 2.06. The van der Waals surface area contributed by atoms with Gasteiger partial charge in [-0.05, 0) is 12.0 Å². The van der Waals surface area contributed by atoms with E-state index in [1.165, 1.54) is 17.1 Å². The molecule has 17 heavy (non-hydrogen) atoms. The van der Waals surface area contributed by atoms with Crippen LogP contribution in [0.1, 0.15) is 17.3 Å². The fourth-order valence-electron chi connectivity index (χ4n) is 1.17. The molecule has 1 amide bonds. The molecule has 0 saturated heterocycles. The maximum atomic E-state index is 11.4. The molecule has 3 N–H and O–H groups in total. The van der Waals surface area contributed by atoms with Crippen molar-refractivity contribution < 1.29 is 19.4 Å². The maximum absolute atomic E-state index is 11.4. The van der Waals surface area contributed by atoms with E-state index < -0.39 is 12.0 Å². The van der Waals surface area contributed by atoms with Crippen molar-refractivity contribution >= 4 is 11.9 Å².